The van der Waals surface area contributed by atoms with Gasteiger partial charge in [0.1, 0.15) is 0 Å². The monoisotopic (exact) mass is 307 g/mol. The van der Waals surface area contributed by atoms with Crippen molar-refractivity contribution >= 4 is 28.9 Å². The van der Waals surface area contributed by atoms with Gasteiger partial charge in [0.15, 0.2) is 5.01 Å². The van der Waals surface area contributed by atoms with Crippen molar-refractivity contribution in [3.63, 3.8) is 0 Å². The number of nitrogens with zero attached hydrogens (tertiary/aromatic N) is 1. The molecule has 2 aromatic rings. The van der Waals surface area contributed by atoms with Crippen LogP contribution in [-0.4, -0.2) is 16.1 Å². The van der Waals surface area contributed by atoms with Crippen molar-refractivity contribution in [3.05, 3.63) is 40.0 Å². The highest BCUT2D eigenvalue weighted by molar-refractivity contribution is 7.15. The molecule has 1 heterocycles. The number of carboxylic acid groups (broad SMARTS) is 1. The van der Waals surface area contributed by atoms with E-state index in [1.807, 2.05) is 0 Å². The lowest BCUT2D eigenvalue weighted by atomic mass is 10.1. The van der Waals surface area contributed by atoms with Crippen molar-refractivity contribution < 1.29 is 23.1 Å². The molecule has 8 heteroatoms. The first-order valence-electron chi connectivity index (χ1n) is 4.85. The molecule has 0 aliphatic rings. The lowest BCUT2D eigenvalue weighted by Crippen LogP contribution is -2.02. The summed E-state index contributed by atoms with van der Waals surface area (Å²) in [5.74, 6) is -1.16. The van der Waals surface area contributed by atoms with E-state index < -0.39 is 17.2 Å². The molecule has 19 heavy (non-hydrogen) atoms. The van der Waals surface area contributed by atoms with Gasteiger partial charge in [-0.25, -0.2) is 9.78 Å². The summed E-state index contributed by atoms with van der Waals surface area (Å²) >= 11 is 6.32. The van der Waals surface area contributed by atoms with E-state index in [1.165, 1.54) is 18.2 Å². The zero-order valence-corrected chi connectivity index (χ0v) is 10.6. The normalized spacial score (nSPS) is 11.6. The van der Waals surface area contributed by atoms with Gasteiger partial charge in [0.2, 0.25) is 0 Å². The third-order valence-corrected chi connectivity index (χ3v) is 3.62. The smallest absolute Gasteiger partial charge is 0.443 e. The van der Waals surface area contributed by atoms with E-state index in [1.54, 1.807) is 0 Å². The van der Waals surface area contributed by atoms with Gasteiger partial charge >= 0.3 is 12.1 Å². The number of hydrogen-bond donors (Lipinski definition) is 1. The Morgan fingerprint density at radius 1 is 1.37 bits per heavy atom. The van der Waals surface area contributed by atoms with E-state index in [4.69, 9.17) is 16.7 Å². The highest BCUT2D eigenvalue weighted by atomic mass is 35.5. The summed E-state index contributed by atoms with van der Waals surface area (Å²) in [5.41, 5.74) is 0.286. The largest absolute Gasteiger partial charge is 0.478 e. The van der Waals surface area contributed by atoms with Gasteiger partial charge in [0.05, 0.1) is 15.5 Å². The van der Waals surface area contributed by atoms with Crippen LogP contribution in [0, 0.1) is 0 Å². The van der Waals surface area contributed by atoms with Crippen molar-refractivity contribution in [1.29, 1.82) is 0 Å². The number of aromatic nitrogens is 1. The Morgan fingerprint density at radius 3 is 2.53 bits per heavy atom. The molecule has 0 fully saturated rings. The number of carbonyl (C=O) groups is 1. The first-order valence-corrected chi connectivity index (χ1v) is 6.04. The molecule has 1 N–H and O–H groups in total. The maximum atomic E-state index is 12.4. The van der Waals surface area contributed by atoms with Crippen LogP contribution in [0.25, 0.3) is 10.4 Å². The third-order valence-electron chi connectivity index (χ3n) is 2.23. The number of hydrogen-bond acceptors (Lipinski definition) is 3. The summed E-state index contributed by atoms with van der Waals surface area (Å²) in [6.45, 7) is 0. The summed E-state index contributed by atoms with van der Waals surface area (Å²) in [6, 6.07) is 3.82. The predicted molar refractivity (Wildman–Crippen MR) is 64.5 cm³/mol. The van der Waals surface area contributed by atoms with Gasteiger partial charge in [-0.2, -0.15) is 13.2 Å². The van der Waals surface area contributed by atoms with Crippen LogP contribution in [0.3, 0.4) is 0 Å². The highest BCUT2D eigenvalue weighted by Gasteiger charge is 2.34. The molecular formula is C11H5ClF3NO2S. The molecule has 2 rings (SSSR count). The SMILES string of the molecule is O=C(O)c1ccc(-c2cnc(C(F)(F)F)s2)c(Cl)c1. The van der Waals surface area contributed by atoms with Crippen LogP contribution in [-0.2, 0) is 6.18 Å². The van der Waals surface area contributed by atoms with Crippen LogP contribution in [0.2, 0.25) is 5.02 Å². The van der Waals surface area contributed by atoms with Crippen molar-refractivity contribution in [2.24, 2.45) is 0 Å². The lowest BCUT2D eigenvalue weighted by Gasteiger charge is -2.02. The second-order valence-corrected chi connectivity index (χ2v) is 4.97. The number of rotatable bonds is 2. The van der Waals surface area contributed by atoms with Gasteiger partial charge < -0.3 is 5.11 Å². The Kier molecular flexibility index (Phi) is 3.51. The quantitative estimate of drug-likeness (QED) is 0.905. The minimum Gasteiger partial charge on any atom is -0.478 e. The van der Waals surface area contributed by atoms with E-state index in [0.29, 0.717) is 16.9 Å². The van der Waals surface area contributed by atoms with E-state index in [9.17, 15) is 18.0 Å². The van der Waals surface area contributed by atoms with Crippen LogP contribution >= 0.6 is 22.9 Å². The molecule has 0 bridgehead atoms. The third kappa shape index (κ3) is 2.87. The molecular weight excluding hydrogens is 303 g/mol. The number of aromatic carboxylic acids is 1. The first-order chi connectivity index (χ1) is 8.79. The fraction of sp³-hybridized carbons (Fsp3) is 0.0909. The zero-order valence-electron chi connectivity index (χ0n) is 9.03. The number of benzene rings is 1. The van der Waals surface area contributed by atoms with E-state index >= 15 is 0 Å². The predicted octanol–water partition coefficient (Wildman–Crippen LogP) is 4.18. The average Bonchev–Trinajstić information content (AvgIpc) is 2.77. The molecule has 0 aliphatic heterocycles. The molecule has 0 unspecified atom stereocenters. The van der Waals surface area contributed by atoms with Crippen molar-refractivity contribution in [1.82, 2.24) is 4.98 Å². The maximum absolute atomic E-state index is 12.4. The molecule has 0 saturated carbocycles. The van der Waals surface area contributed by atoms with Crippen LogP contribution in [0.15, 0.2) is 24.4 Å². The van der Waals surface area contributed by atoms with E-state index in [-0.39, 0.29) is 15.5 Å². The minimum absolute atomic E-state index is 0.0330. The molecule has 0 spiro atoms. The molecule has 1 aromatic carbocycles. The Hall–Kier alpha value is -1.60. The van der Waals surface area contributed by atoms with Gasteiger partial charge in [0, 0.05) is 11.8 Å². The number of halogens is 4. The fourth-order valence-electron chi connectivity index (χ4n) is 1.38. The Morgan fingerprint density at radius 2 is 2.05 bits per heavy atom. The fourth-order valence-corrected chi connectivity index (χ4v) is 2.54. The summed E-state index contributed by atoms with van der Waals surface area (Å²) in [5, 5.41) is 7.86. The van der Waals surface area contributed by atoms with Crippen molar-refractivity contribution in [2.45, 2.75) is 6.18 Å². The maximum Gasteiger partial charge on any atom is 0.443 e. The highest BCUT2D eigenvalue weighted by Crippen LogP contribution is 2.38. The van der Waals surface area contributed by atoms with Gasteiger partial charge in [-0.1, -0.05) is 17.7 Å². The molecule has 100 valence electrons. The molecule has 0 amide bonds. The average molecular weight is 308 g/mol. The van der Waals surface area contributed by atoms with E-state index in [2.05, 4.69) is 4.98 Å². The second-order valence-electron chi connectivity index (χ2n) is 3.53. The van der Waals surface area contributed by atoms with Crippen molar-refractivity contribution in [2.75, 3.05) is 0 Å². The zero-order chi connectivity index (χ0) is 14.2. The van der Waals surface area contributed by atoms with Crippen LogP contribution in [0.4, 0.5) is 13.2 Å². The van der Waals surface area contributed by atoms with Crippen LogP contribution in [0.1, 0.15) is 15.4 Å². The first kappa shape index (κ1) is 13.8. The molecule has 0 saturated heterocycles. The molecule has 0 aliphatic carbocycles. The number of alkyl halides is 3. The topological polar surface area (TPSA) is 50.2 Å². The Bertz CT molecular complexity index is 639. The minimum atomic E-state index is -4.50. The lowest BCUT2D eigenvalue weighted by molar-refractivity contribution is -0.137. The summed E-state index contributed by atoms with van der Waals surface area (Å²) in [4.78, 5) is 14.2. The molecule has 0 radical (unpaired) electrons. The molecule has 1 aromatic heterocycles. The summed E-state index contributed by atoms with van der Waals surface area (Å²) in [7, 11) is 0. The van der Waals surface area contributed by atoms with Gasteiger partial charge in [-0.15, -0.1) is 11.3 Å². The summed E-state index contributed by atoms with van der Waals surface area (Å²) in [6.07, 6.45) is -3.44. The van der Waals surface area contributed by atoms with E-state index in [0.717, 1.165) is 6.20 Å². The molecule has 0 atom stereocenters. The van der Waals surface area contributed by atoms with Gasteiger partial charge in [0.25, 0.3) is 0 Å². The second kappa shape index (κ2) is 4.82. The van der Waals surface area contributed by atoms with Gasteiger partial charge in [-0.05, 0) is 12.1 Å². The number of thiazole rings is 1. The van der Waals surface area contributed by atoms with Crippen LogP contribution < -0.4 is 0 Å². The van der Waals surface area contributed by atoms with Gasteiger partial charge in [-0.3, -0.25) is 0 Å². The number of carboxylic acids is 1. The Labute approximate surface area is 114 Å². The summed E-state index contributed by atoms with van der Waals surface area (Å²) < 4.78 is 37.3. The molecule has 3 nitrogen and oxygen atoms in total. The standard InChI is InChI=1S/C11H5ClF3NO2S/c12-7-3-5(9(17)18)1-2-6(7)8-4-16-10(19-8)11(13,14)15/h1-4H,(H,17,18). The Balaban J connectivity index is 2.43. The van der Waals surface area contributed by atoms with Crippen LogP contribution in [0.5, 0.6) is 0 Å². The van der Waals surface area contributed by atoms with Crippen molar-refractivity contribution in [3.8, 4) is 10.4 Å².